The molecule has 0 bridgehead atoms. The van der Waals surface area contributed by atoms with Gasteiger partial charge in [-0.1, -0.05) is 6.07 Å². The molecule has 1 atom stereocenters. The van der Waals surface area contributed by atoms with Crippen molar-refractivity contribution in [2.24, 2.45) is 5.73 Å². The fourth-order valence-electron chi connectivity index (χ4n) is 1.81. The molecule has 1 unspecified atom stereocenters. The number of fused-ring (bicyclic) bond motifs is 1. The van der Waals surface area contributed by atoms with E-state index >= 15 is 0 Å². The van der Waals surface area contributed by atoms with E-state index in [4.69, 9.17) is 5.73 Å². The first-order valence-corrected chi connectivity index (χ1v) is 6.51. The molecule has 0 fully saturated rings. The van der Waals surface area contributed by atoms with Crippen molar-refractivity contribution in [2.75, 3.05) is 17.2 Å². The van der Waals surface area contributed by atoms with Crippen LogP contribution in [0, 0.1) is 0 Å². The van der Waals surface area contributed by atoms with E-state index < -0.39 is 12.0 Å². The summed E-state index contributed by atoms with van der Waals surface area (Å²) < 4.78 is 0. The summed E-state index contributed by atoms with van der Waals surface area (Å²) >= 11 is 1.42. The summed E-state index contributed by atoms with van der Waals surface area (Å²) in [6, 6.07) is 5.39. The van der Waals surface area contributed by atoms with Crippen LogP contribution < -0.4 is 10.6 Å². The molecule has 0 aliphatic carbocycles. The molecular weight excluding hydrogens is 252 g/mol. The van der Waals surface area contributed by atoms with E-state index in [-0.39, 0.29) is 12.5 Å². The van der Waals surface area contributed by atoms with Gasteiger partial charge in [-0.05, 0) is 24.6 Å². The average molecular weight is 266 g/mol. The topological polar surface area (TPSA) is 83.6 Å². The summed E-state index contributed by atoms with van der Waals surface area (Å²) in [7, 11) is 0. The van der Waals surface area contributed by atoms with Crippen LogP contribution in [0.2, 0.25) is 0 Å². The van der Waals surface area contributed by atoms with E-state index in [0.29, 0.717) is 17.0 Å². The van der Waals surface area contributed by atoms with Gasteiger partial charge >= 0.3 is 0 Å². The molecule has 6 heteroatoms. The molecule has 3 N–H and O–H groups in total. The number of nitrogens with two attached hydrogens (primary N) is 1. The van der Waals surface area contributed by atoms with Gasteiger partial charge in [0.25, 0.3) is 0 Å². The molecule has 0 aromatic heterocycles. The van der Waals surface area contributed by atoms with Crippen LogP contribution in [0.15, 0.2) is 23.1 Å². The molecule has 1 aromatic rings. The predicted octanol–water partition coefficient (Wildman–Crippen LogP) is 0.664. The molecule has 2 amide bonds. The molecule has 0 saturated carbocycles. The van der Waals surface area contributed by atoms with Gasteiger partial charge < -0.3 is 15.7 Å². The zero-order valence-electron chi connectivity index (χ0n) is 9.92. The number of rotatable bonds is 3. The number of carbonyl (C=O) groups excluding carboxylic acids is 2. The third kappa shape index (κ3) is 2.49. The van der Waals surface area contributed by atoms with Gasteiger partial charge in [-0.25, -0.2) is 0 Å². The Kier molecular flexibility index (Phi) is 3.58. The second-order valence-electron chi connectivity index (χ2n) is 4.14. The molecule has 0 radical (unpaired) electrons. The fourth-order valence-corrected chi connectivity index (χ4v) is 2.72. The van der Waals surface area contributed by atoms with Crippen LogP contribution in [0.5, 0.6) is 0 Å². The molecule has 1 heterocycles. The molecular formula is C12H14N2O3S. The summed E-state index contributed by atoms with van der Waals surface area (Å²) in [4.78, 5) is 25.1. The minimum absolute atomic E-state index is 0.129. The third-order valence-electron chi connectivity index (χ3n) is 2.72. The first kappa shape index (κ1) is 12.9. The van der Waals surface area contributed by atoms with E-state index in [1.54, 1.807) is 13.0 Å². The highest BCUT2D eigenvalue weighted by Crippen LogP contribution is 2.36. The summed E-state index contributed by atoms with van der Waals surface area (Å²) in [5.74, 6) is -0.397. The number of aliphatic hydroxyl groups excluding tert-OH is 1. The largest absolute Gasteiger partial charge is 0.389 e. The number of anilines is 1. The highest BCUT2D eigenvalue weighted by Gasteiger charge is 2.26. The minimum atomic E-state index is -0.618. The quantitative estimate of drug-likeness (QED) is 0.842. The molecule has 0 spiro atoms. The van der Waals surface area contributed by atoms with Gasteiger partial charge in [0.1, 0.15) is 6.54 Å². The zero-order chi connectivity index (χ0) is 13.3. The van der Waals surface area contributed by atoms with Crippen molar-refractivity contribution in [3.05, 3.63) is 23.8 Å². The Morgan fingerprint density at radius 2 is 2.33 bits per heavy atom. The number of hydrogen-bond donors (Lipinski definition) is 2. The van der Waals surface area contributed by atoms with E-state index in [0.717, 1.165) is 4.90 Å². The number of primary amides is 1. The second-order valence-corrected chi connectivity index (χ2v) is 5.16. The monoisotopic (exact) mass is 266 g/mol. The Morgan fingerprint density at radius 1 is 1.61 bits per heavy atom. The Labute approximate surface area is 109 Å². The van der Waals surface area contributed by atoms with Gasteiger partial charge in [-0.2, -0.15) is 0 Å². The first-order valence-electron chi connectivity index (χ1n) is 5.52. The number of benzene rings is 1. The molecule has 1 aliphatic rings. The third-order valence-corrected chi connectivity index (χ3v) is 3.77. The van der Waals surface area contributed by atoms with Crippen LogP contribution in [-0.2, 0) is 9.59 Å². The average Bonchev–Trinajstić information content (AvgIpc) is 2.31. The van der Waals surface area contributed by atoms with Crippen LogP contribution in [0.4, 0.5) is 5.69 Å². The molecule has 2 rings (SSSR count). The summed E-state index contributed by atoms with van der Waals surface area (Å²) in [6.07, 6.45) is -0.618. The SMILES string of the molecule is CC(O)c1ccc2c(c1)N(CC(N)=O)C(=O)CS2. The lowest BCUT2D eigenvalue weighted by molar-refractivity contribution is -0.121. The van der Waals surface area contributed by atoms with Gasteiger partial charge in [0.05, 0.1) is 17.5 Å². The maximum atomic E-state index is 11.8. The predicted molar refractivity (Wildman–Crippen MR) is 69.3 cm³/mol. The molecule has 1 aliphatic heterocycles. The summed E-state index contributed by atoms with van der Waals surface area (Å²) in [5, 5.41) is 9.56. The highest BCUT2D eigenvalue weighted by atomic mass is 32.2. The van der Waals surface area contributed by atoms with E-state index in [2.05, 4.69) is 0 Å². The van der Waals surface area contributed by atoms with Crippen molar-refractivity contribution in [1.82, 2.24) is 0 Å². The fraction of sp³-hybridized carbons (Fsp3) is 0.333. The molecule has 18 heavy (non-hydrogen) atoms. The normalized spacial score (nSPS) is 16.3. The lowest BCUT2D eigenvalue weighted by Crippen LogP contribution is -2.41. The number of nitrogens with zero attached hydrogens (tertiary/aromatic N) is 1. The smallest absolute Gasteiger partial charge is 0.237 e. The van der Waals surface area contributed by atoms with Crippen molar-refractivity contribution >= 4 is 29.3 Å². The standard InChI is InChI=1S/C12H14N2O3S/c1-7(15)8-2-3-10-9(4-8)14(5-11(13)16)12(17)6-18-10/h2-4,7,15H,5-6H2,1H3,(H2,13,16). The van der Waals surface area contributed by atoms with Crippen molar-refractivity contribution in [2.45, 2.75) is 17.9 Å². The number of aliphatic hydroxyl groups is 1. The highest BCUT2D eigenvalue weighted by molar-refractivity contribution is 8.00. The Hall–Kier alpha value is -1.53. The number of carbonyl (C=O) groups is 2. The van der Waals surface area contributed by atoms with Gasteiger partial charge in [0, 0.05) is 4.90 Å². The van der Waals surface area contributed by atoms with Crippen LogP contribution in [0.1, 0.15) is 18.6 Å². The molecule has 0 saturated heterocycles. The van der Waals surface area contributed by atoms with E-state index in [1.165, 1.54) is 16.7 Å². The van der Waals surface area contributed by atoms with Crippen LogP contribution in [-0.4, -0.2) is 29.2 Å². The lowest BCUT2D eigenvalue weighted by atomic mass is 10.1. The van der Waals surface area contributed by atoms with Crippen molar-refractivity contribution < 1.29 is 14.7 Å². The van der Waals surface area contributed by atoms with Crippen molar-refractivity contribution in [3.8, 4) is 0 Å². The maximum absolute atomic E-state index is 11.8. The maximum Gasteiger partial charge on any atom is 0.237 e. The van der Waals surface area contributed by atoms with Gasteiger partial charge in [-0.3, -0.25) is 9.59 Å². The van der Waals surface area contributed by atoms with Crippen molar-refractivity contribution in [3.63, 3.8) is 0 Å². The van der Waals surface area contributed by atoms with Crippen LogP contribution in [0.3, 0.4) is 0 Å². The van der Waals surface area contributed by atoms with E-state index in [9.17, 15) is 14.7 Å². The molecule has 5 nitrogen and oxygen atoms in total. The summed E-state index contributed by atoms with van der Waals surface area (Å²) in [5.41, 5.74) is 6.51. The van der Waals surface area contributed by atoms with Gasteiger partial charge in [-0.15, -0.1) is 11.8 Å². The Balaban J connectivity index is 2.43. The Bertz CT molecular complexity index is 502. The van der Waals surface area contributed by atoms with Gasteiger partial charge in [0.2, 0.25) is 11.8 Å². The summed E-state index contributed by atoms with van der Waals surface area (Å²) in [6.45, 7) is 1.52. The zero-order valence-corrected chi connectivity index (χ0v) is 10.7. The molecule has 1 aromatic carbocycles. The number of hydrogen-bond acceptors (Lipinski definition) is 4. The van der Waals surface area contributed by atoms with Crippen LogP contribution >= 0.6 is 11.8 Å². The van der Waals surface area contributed by atoms with Crippen LogP contribution in [0.25, 0.3) is 0 Å². The van der Waals surface area contributed by atoms with E-state index in [1.807, 2.05) is 12.1 Å². The lowest BCUT2D eigenvalue weighted by Gasteiger charge is -2.28. The van der Waals surface area contributed by atoms with Crippen molar-refractivity contribution in [1.29, 1.82) is 0 Å². The second kappa shape index (κ2) is 4.99. The minimum Gasteiger partial charge on any atom is -0.389 e. The number of thioether (sulfide) groups is 1. The van der Waals surface area contributed by atoms with Gasteiger partial charge in [0.15, 0.2) is 0 Å². The Morgan fingerprint density at radius 3 is 2.94 bits per heavy atom. The first-order chi connectivity index (χ1) is 8.49. The number of amides is 2. The molecule has 96 valence electrons.